The highest BCUT2D eigenvalue weighted by molar-refractivity contribution is 7.92. The van der Waals surface area contributed by atoms with E-state index in [-0.39, 0.29) is 53.0 Å². The van der Waals surface area contributed by atoms with Crippen LogP contribution >= 0.6 is 0 Å². The number of aliphatic hydroxyl groups excluding tert-OH is 2. The second kappa shape index (κ2) is 14.2. The minimum atomic E-state index is -4.18. The number of benzene rings is 3. The first-order valence-corrected chi connectivity index (χ1v) is 15.0. The number of aromatic nitrogens is 2. The van der Waals surface area contributed by atoms with Gasteiger partial charge in [0, 0.05) is 12.1 Å². The number of rotatable bonds is 14. The van der Waals surface area contributed by atoms with Gasteiger partial charge in [-0.1, -0.05) is 44.2 Å². The molecular formula is C31H35N3O8S. The van der Waals surface area contributed by atoms with Crippen LogP contribution in [0.15, 0.2) is 83.8 Å². The number of anilines is 1. The summed E-state index contributed by atoms with van der Waals surface area (Å²) in [6.07, 6.45) is -1.23. The lowest BCUT2D eigenvalue weighted by atomic mass is 10.2. The number of nitrogens with zero attached hydrogens (tertiary/aromatic N) is 3. The van der Waals surface area contributed by atoms with E-state index in [1.807, 2.05) is 13.8 Å². The van der Waals surface area contributed by atoms with E-state index in [9.17, 15) is 18.6 Å². The van der Waals surface area contributed by atoms with Crippen molar-refractivity contribution in [3.8, 4) is 40.3 Å². The van der Waals surface area contributed by atoms with Crippen molar-refractivity contribution in [3.05, 3.63) is 78.9 Å². The van der Waals surface area contributed by atoms with Crippen molar-refractivity contribution in [2.24, 2.45) is 5.92 Å². The summed E-state index contributed by atoms with van der Waals surface area (Å²) in [4.78, 5) is 9.38. The molecule has 43 heavy (non-hydrogen) atoms. The third kappa shape index (κ3) is 7.53. The van der Waals surface area contributed by atoms with Gasteiger partial charge >= 0.3 is 0 Å². The van der Waals surface area contributed by atoms with Crippen molar-refractivity contribution in [3.63, 3.8) is 0 Å². The molecule has 0 spiro atoms. The predicted octanol–water partition coefficient (Wildman–Crippen LogP) is 4.54. The summed E-state index contributed by atoms with van der Waals surface area (Å²) >= 11 is 0. The number of sulfonamides is 1. The zero-order valence-electron chi connectivity index (χ0n) is 24.4. The molecule has 11 nitrogen and oxygen atoms in total. The van der Waals surface area contributed by atoms with Gasteiger partial charge < -0.3 is 29.2 Å². The minimum absolute atomic E-state index is 0.0390. The van der Waals surface area contributed by atoms with E-state index in [1.165, 1.54) is 23.5 Å². The molecule has 2 N–H and O–H groups in total. The fourth-order valence-corrected chi connectivity index (χ4v) is 5.64. The molecule has 0 radical (unpaired) electrons. The molecule has 0 saturated carbocycles. The lowest BCUT2D eigenvalue weighted by Crippen LogP contribution is -2.35. The maximum Gasteiger partial charge on any atom is 0.265 e. The molecular weight excluding hydrogens is 574 g/mol. The van der Waals surface area contributed by atoms with E-state index in [0.29, 0.717) is 17.1 Å². The Hall–Kier alpha value is -4.39. The molecule has 0 bridgehead atoms. The van der Waals surface area contributed by atoms with Crippen molar-refractivity contribution < 1.29 is 37.6 Å². The predicted molar refractivity (Wildman–Crippen MR) is 161 cm³/mol. The molecule has 1 atom stereocenters. The molecule has 0 aliphatic heterocycles. The molecule has 3 aromatic carbocycles. The van der Waals surface area contributed by atoms with Crippen LogP contribution in [-0.4, -0.2) is 68.7 Å². The van der Waals surface area contributed by atoms with Crippen LogP contribution in [0.25, 0.3) is 11.4 Å². The maximum atomic E-state index is 14.2. The molecule has 4 aromatic rings. The van der Waals surface area contributed by atoms with Gasteiger partial charge in [-0.3, -0.25) is 0 Å². The summed E-state index contributed by atoms with van der Waals surface area (Å²) in [5.74, 6) is 0.886. The average molecular weight is 610 g/mol. The Bertz CT molecular complexity index is 1600. The van der Waals surface area contributed by atoms with Gasteiger partial charge in [-0.2, -0.15) is 4.98 Å². The summed E-state index contributed by atoms with van der Waals surface area (Å²) < 4.78 is 52.5. The van der Waals surface area contributed by atoms with Gasteiger partial charge in [0.05, 0.1) is 25.7 Å². The molecule has 0 saturated heterocycles. The Morgan fingerprint density at radius 2 is 1.51 bits per heavy atom. The van der Waals surface area contributed by atoms with E-state index in [4.69, 9.17) is 23.9 Å². The van der Waals surface area contributed by atoms with Crippen LogP contribution in [0.3, 0.4) is 0 Å². The van der Waals surface area contributed by atoms with Gasteiger partial charge in [-0.05, 0) is 54.4 Å². The average Bonchev–Trinajstić information content (AvgIpc) is 3.03. The molecule has 12 heteroatoms. The first-order valence-electron chi connectivity index (χ1n) is 13.5. The summed E-state index contributed by atoms with van der Waals surface area (Å²) in [5.41, 5.74) is 0.542. The molecule has 4 rings (SSSR count). The van der Waals surface area contributed by atoms with Crippen LogP contribution in [0.1, 0.15) is 13.8 Å². The second-order valence-corrected chi connectivity index (χ2v) is 11.7. The van der Waals surface area contributed by atoms with Gasteiger partial charge in [0.25, 0.3) is 15.9 Å². The molecule has 1 heterocycles. The van der Waals surface area contributed by atoms with Crippen molar-refractivity contribution in [2.75, 3.05) is 38.3 Å². The van der Waals surface area contributed by atoms with Crippen LogP contribution in [0, 0.1) is 5.92 Å². The number of para-hydroxylation sites is 2. The SMILES string of the molecule is COc1ccc(-c2nc(OCC(O)CO)c(Oc3ccccc3OC)c(N(CC(C)C)S(=O)(=O)c3ccccc3)n2)cc1. The monoisotopic (exact) mass is 609 g/mol. The summed E-state index contributed by atoms with van der Waals surface area (Å²) in [6, 6.07) is 21.7. The molecule has 228 valence electrons. The Morgan fingerprint density at radius 1 is 0.860 bits per heavy atom. The normalized spacial score (nSPS) is 12.1. The Labute approximate surface area is 251 Å². The molecule has 1 unspecified atom stereocenters. The van der Waals surface area contributed by atoms with Crippen LogP contribution in [-0.2, 0) is 10.0 Å². The first-order chi connectivity index (χ1) is 20.7. The van der Waals surface area contributed by atoms with Crippen molar-refractivity contribution in [2.45, 2.75) is 24.8 Å². The molecule has 0 aliphatic carbocycles. The second-order valence-electron chi connectivity index (χ2n) is 9.88. The van der Waals surface area contributed by atoms with Gasteiger partial charge in [0.1, 0.15) is 18.5 Å². The van der Waals surface area contributed by atoms with Gasteiger partial charge in [-0.15, -0.1) is 0 Å². The van der Waals surface area contributed by atoms with E-state index in [1.54, 1.807) is 73.8 Å². The fourth-order valence-electron chi connectivity index (χ4n) is 4.03. The molecule has 0 amide bonds. The van der Waals surface area contributed by atoms with E-state index in [2.05, 4.69) is 4.98 Å². The van der Waals surface area contributed by atoms with Crippen LogP contribution in [0.2, 0.25) is 0 Å². The van der Waals surface area contributed by atoms with E-state index >= 15 is 0 Å². The van der Waals surface area contributed by atoms with Gasteiger partial charge in [0.15, 0.2) is 23.1 Å². The zero-order valence-corrected chi connectivity index (χ0v) is 25.2. The summed E-state index contributed by atoms with van der Waals surface area (Å²) in [6.45, 7) is 2.89. The largest absolute Gasteiger partial charge is 0.497 e. The van der Waals surface area contributed by atoms with Crippen LogP contribution in [0.4, 0.5) is 5.82 Å². The highest BCUT2D eigenvalue weighted by atomic mass is 32.2. The van der Waals surface area contributed by atoms with Gasteiger partial charge in [-0.25, -0.2) is 17.7 Å². The van der Waals surface area contributed by atoms with Crippen molar-refractivity contribution in [1.82, 2.24) is 9.97 Å². The Balaban J connectivity index is 2.02. The fraction of sp³-hybridized carbons (Fsp3) is 0.290. The number of hydrogen-bond acceptors (Lipinski definition) is 10. The topological polar surface area (TPSA) is 141 Å². The first kappa shape index (κ1) is 31.5. The molecule has 0 aliphatic rings. The Kier molecular flexibility index (Phi) is 10.4. The summed E-state index contributed by atoms with van der Waals surface area (Å²) in [7, 11) is -1.15. The van der Waals surface area contributed by atoms with Crippen LogP contribution < -0.4 is 23.3 Å². The van der Waals surface area contributed by atoms with Gasteiger partial charge in [0.2, 0.25) is 5.75 Å². The zero-order chi connectivity index (χ0) is 31.0. The number of aliphatic hydroxyl groups is 2. The lowest BCUT2D eigenvalue weighted by molar-refractivity contribution is 0.0513. The van der Waals surface area contributed by atoms with Crippen LogP contribution in [0.5, 0.6) is 28.9 Å². The van der Waals surface area contributed by atoms with Crippen molar-refractivity contribution in [1.29, 1.82) is 0 Å². The maximum absolute atomic E-state index is 14.2. The highest BCUT2D eigenvalue weighted by Gasteiger charge is 2.33. The van der Waals surface area contributed by atoms with E-state index < -0.39 is 22.7 Å². The number of hydrogen-bond donors (Lipinski definition) is 2. The van der Waals surface area contributed by atoms with Crippen molar-refractivity contribution >= 4 is 15.8 Å². The van der Waals surface area contributed by atoms with E-state index in [0.717, 1.165) is 0 Å². The molecule has 1 aromatic heterocycles. The standard InChI is InChI=1S/C31H35N3O8S/c1-21(2)18-34(43(37,38)25-10-6-5-7-11-25)30-28(42-27-13-9-8-12-26(27)40-4)31(41-20-23(36)19-35)33-29(32-30)22-14-16-24(39-3)17-15-22/h5-17,21,23,35-36H,18-20H2,1-4H3. The quantitative estimate of drug-likeness (QED) is 0.209. The number of methoxy groups -OCH3 is 2. The number of ether oxygens (including phenoxy) is 4. The lowest BCUT2D eigenvalue weighted by Gasteiger charge is -2.28. The Morgan fingerprint density at radius 3 is 2.12 bits per heavy atom. The summed E-state index contributed by atoms with van der Waals surface area (Å²) in [5, 5.41) is 19.5. The third-order valence-electron chi connectivity index (χ3n) is 6.17. The smallest absolute Gasteiger partial charge is 0.265 e. The third-order valence-corrected chi connectivity index (χ3v) is 7.94. The minimum Gasteiger partial charge on any atom is -0.497 e. The highest BCUT2D eigenvalue weighted by Crippen LogP contribution is 2.44. The molecule has 0 fully saturated rings.